The molecule has 0 spiro atoms. The fourth-order valence-corrected chi connectivity index (χ4v) is 3.96. The van der Waals surface area contributed by atoms with Crippen LogP contribution in [0.1, 0.15) is 51.5 Å². The first-order chi connectivity index (χ1) is 12.9. The standard InChI is InChI=1S/C24H30FNO/c1-17-5-4-6-22(24(27)26-12-11-18(2)16-26)15-20(13-17)14-19(3)21-7-9-23(25)10-8-21/h4,6-10,13,15,17-19H,5,11-12,14,16H2,1-3H3/b6-4+,20-13?,22-15+/t17?,18-,19?/m0/s1. The molecule has 1 heterocycles. The molecule has 1 aromatic carbocycles. The molecule has 1 fully saturated rings. The van der Waals surface area contributed by atoms with Crippen molar-refractivity contribution in [3.05, 3.63) is 71.1 Å². The molecular weight excluding hydrogens is 337 g/mol. The van der Waals surface area contributed by atoms with E-state index in [0.717, 1.165) is 43.5 Å². The molecule has 2 aliphatic rings. The molecular formula is C24H30FNO. The first-order valence-electron chi connectivity index (χ1n) is 10.1. The summed E-state index contributed by atoms with van der Waals surface area (Å²) in [4.78, 5) is 14.9. The normalized spacial score (nSPS) is 27.2. The van der Waals surface area contributed by atoms with Crippen LogP contribution in [0.3, 0.4) is 0 Å². The van der Waals surface area contributed by atoms with Crippen molar-refractivity contribution in [2.45, 2.75) is 46.0 Å². The number of halogens is 1. The Hall–Kier alpha value is -2.16. The molecule has 1 saturated heterocycles. The molecule has 144 valence electrons. The first kappa shape index (κ1) is 19.6. The molecule has 0 N–H and O–H groups in total. The average Bonchev–Trinajstić information content (AvgIpc) is 3.05. The summed E-state index contributed by atoms with van der Waals surface area (Å²) in [6.07, 6.45) is 11.3. The topological polar surface area (TPSA) is 20.3 Å². The molecule has 0 saturated carbocycles. The van der Waals surface area contributed by atoms with Gasteiger partial charge in [-0.15, -0.1) is 0 Å². The summed E-state index contributed by atoms with van der Waals surface area (Å²) in [6.45, 7) is 8.27. The van der Waals surface area contributed by atoms with E-state index in [1.54, 1.807) is 0 Å². The molecule has 0 aromatic heterocycles. The number of allylic oxidation sites excluding steroid dienone is 4. The number of likely N-dealkylation sites (tertiary alicyclic amines) is 1. The van der Waals surface area contributed by atoms with E-state index in [0.29, 0.717) is 11.8 Å². The van der Waals surface area contributed by atoms with Crippen LogP contribution in [0.2, 0.25) is 0 Å². The minimum Gasteiger partial charge on any atom is -0.338 e. The maximum atomic E-state index is 13.2. The number of carbonyl (C=O) groups excluding carboxylic acids is 1. The van der Waals surface area contributed by atoms with Gasteiger partial charge in [0, 0.05) is 18.7 Å². The van der Waals surface area contributed by atoms with Gasteiger partial charge in [-0.25, -0.2) is 4.39 Å². The molecule has 2 nitrogen and oxygen atoms in total. The highest BCUT2D eigenvalue weighted by molar-refractivity contribution is 5.97. The van der Waals surface area contributed by atoms with Crippen LogP contribution in [0.5, 0.6) is 0 Å². The van der Waals surface area contributed by atoms with Gasteiger partial charge in [-0.1, -0.05) is 56.7 Å². The summed E-state index contributed by atoms with van der Waals surface area (Å²) in [5.74, 6) is 1.23. The van der Waals surface area contributed by atoms with Crippen molar-refractivity contribution in [2.75, 3.05) is 13.1 Å². The van der Waals surface area contributed by atoms with Crippen LogP contribution in [-0.2, 0) is 4.79 Å². The van der Waals surface area contributed by atoms with E-state index in [4.69, 9.17) is 0 Å². The average molecular weight is 368 g/mol. The van der Waals surface area contributed by atoms with Gasteiger partial charge in [0.05, 0.1) is 0 Å². The number of carbonyl (C=O) groups is 1. The van der Waals surface area contributed by atoms with E-state index < -0.39 is 0 Å². The lowest BCUT2D eigenvalue weighted by atomic mass is 9.89. The second-order valence-electron chi connectivity index (χ2n) is 8.26. The van der Waals surface area contributed by atoms with Crippen molar-refractivity contribution in [1.29, 1.82) is 0 Å². The van der Waals surface area contributed by atoms with Crippen LogP contribution < -0.4 is 0 Å². The Bertz CT molecular complexity index is 759. The van der Waals surface area contributed by atoms with E-state index in [2.05, 4.69) is 39.0 Å². The van der Waals surface area contributed by atoms with Crippen LogP contribution in [0.15, 0.2) is 59.7 Å². The summed E-state index contributed by atoms with van der Waals surface area (Å²) in [6, 6.07) is 6.74. The molecule has 2 unspecified atom stereocenters. The maximum absolute atomic E-state index is 13.2. The third kappa shape index (κ3) is 5.18. The Morgan fingerprint density at radius 2 is 2.00 bits per heavy atom. The summed E-state index contributed by atoms with van der Waals surface area (Å²) in [5.41, 5.74) is 3.10. The van der Waals surface area contributed by atoms with Gasteiger partial charge in [0.25, 0.3) is 5.91 Å². The van der Waals surface area contributed by atoms with E-state index >= 15 is 0 Å². The van der Waals surface area contributed by atoms with Gasteiger partial charge in [0.1, 0.15) is 5.82 Å². The highest BCUT2D eigenvalue weighted by atomic mass is 19.1. The minimum absolute atomic E-state index is 0.144. The minimum atomic E-state index is -0.206. The van der Waals surface area contributed by atoms with Crippen molar-refractivity contribution in [1.82, 2.24) is 4.90 Å². The van der Waals surface area contributed by atoms with Crippen molar-refractivity contribution in [3.63, 3.8) is 0 Å². The van der Waals surface area contributed by atoms with Crippen molar-refractivity contribution in [2.24, 2.45) is 11.8 Å². The summed E-state index contributed by atoms with van der Waals surface area (Å²) in [5, 5.41) is 0. The van der Waals surface area contributed by atoms with Crippen LogP contribution >= 0.6 is 0 Å². The van der Waals surface area contributed by atoms with E-state index in [1.807, 2.05) is 23.1 Å². The molecule has 3 rings (SSSR count). The number of rotatable bonds is 4. The van der Waals surface area contributed by atoms with Crippen LogP contribution in [0, 0.1) is 17.7 Å². The van der Waals surface area contributed by atoms with Gasteiger partial charge >= 0.3 is 0 Å². The zero-order valence-corrected chi connectivity index (χ0v) is 16.6. The largest absolute Gasteiger partial charge is 0.338 e. The van der Waals surface area contributed by atoms with Gasteiger partial charge < -0.3 is 4.90 Å². The number of hydrogen-bond acceptors (Lipinski definition) is 1. The van der Waals surface area contributed by atoms with E-state index in [9.17, 15) is 9.18 Å². The van der Waals surface area contributed by atoms with Crippen molar-refractivity contribution < 1.29 is 9.18 Å². The second-order valence-corrected chi connectivity index (χ2v) is 8.26. The number of nitrogens with zero attached hydrogens (tertiary/aromatic N) is 1. The smallest absolute Gasteiger partial charge is 0.253 e. The Morgan fingerprint density at radius 3 is 2.67 bits per heavy atom. The zero-order chi connectivity index (χ0) is 19.4. The monoisotopic (exact) mass is 367 g/mol. The lowest BCUT2D eigenvalue weighted by Crippen LogP contribution is -2.29. The molecule has 0 radical (unpaired) electrons. The fraction of sp³-hybridized carbons (Fsp3) is 0.458. The molecule has 1 aliphatic carbocycles. The van der Waals surface area contributed by atoms with Crippen LogP contribution in [0.4, 0.5) is 4.39 Å². The fourth-order valence-electron chi connectivity index (χ4n) is 3.96. The molecule has 1 aromatic rings. The summed E-state index contributed by atoms with van der Waals surface area (Å²) in [7, 11) is 0. The number of amides is 1. The predicted molar refractivity (Wildman–Crippen MR) is 109 cm³/mol. The molecule has 1 aliphatic heterocycles. The quantitative estimate of drug-likeness (QED) is 0.675. The van der Waals surface area contributed by atoms with Gasteiger partial charge in [0.15, 0.2) is 0 Å². The second kappa shape index (κ2) is 8.69. The SMILES string of the molecule is CC1C=C(CC(C)c2ccc(F)cc2)/C=C(C(=O)N2CC[C@H](C)C2)\C=C\C1. The van der Waals surface area contributed by atoms with Crippen LogP contribution in [0.25, 0.3) is 0 Å². The van der Waals surface area contributed by atoms with Gasteiger partial charge in [-0.3, -0.25) is 4.79 Å². The van der Waals surface area contributed by atoms with Gasteiger partial charge in [-0.2, -0.15) is 0 Å². The Balaban J connectivity index is 1.80. The Labute approximate surface area is 162 Å². The number of hydrogen-bond donors (Lipinski definition) is 0. The van der Waals surface area contributed by atoms with Gasteiger partial charge in [-0.05, 0) is 60.8 Å². The Morgan fingerprint density at radius 1 is 1.26 bits per heavy atom. The van der Waals surface area contributed by atoms with E-state index in [1.165, 1.54) is 17.7 Å². The third-order valence-electron chi connectivity index (χ3n) is 5.58. The number of benzene rings is 1. The zero-order valence-electron chi connectivity index (χ0n) is 16.6. The lowest BCUT2D eigenvalue weighted by molar-refractivity contribution is -0.125. The maximum Gasteiger partial charge on any atom is 0.253 e. The molecule has 3 heteroatoms. The lowest BCUT2D eigenvalue weighted by Gasteiger charge is -2.20. The third-order valence-corrected chi connectivity index (χ3v) is 5.58. The highest BCUT2D eigenvalue weighted by Gasteiger charge is 2.25. The Kier molecular flexibility index (Phi) is 6.30. The molecule has 0 bridgehead atoms. The molecule has 1 amide bonds. The molecule has 3 atom stereocenters. The van der Waals surface area contributed by atoms with Gasteiger partial charge in [0.2, 0.25) is 0 Å². The summed E-state index contributed by atoms with van der Waals surface area (Å²) < 4.78 is 13.2. The van der Waals surface area contributed by atoms with Crippen LogP contribution in [-0.4, -0.2) is 23.9 Å². The van der Waals surface area contributed by atoms with Crippen molar-refractivity contribution >= 4 is 5.91 Å². The first-order valence-corrected chi connectivity index (χ1v) is 10.1. The molecule has 27 heavy (non-hydrogen) atoms. The predicted octanol–water partition coefficient (Wildman–Crippen LogP) is 5.64. The van der Waals surface area contributed by atoms with Crippen molar-refractivity contribution in [3.8, 4) is 0 Å². The van der Waals surface area contributed by atoms with E-state index in [-0.39, 0.29) is 17.6 Å². The summed E-state index contributed by atoms with van der Waals surface area (Å²) >= 11 is 0. The highest BCUT2D eigenvalue weighted by Crippen LogP contribution is 2.28.